The maximum atomic E-state index is 6.14. The van der Waals surface area contributed by atoms with Crippen LogP contribution in [0.5, 0.6) is 11.6 Å². The number of aromatic nitrogens is 2. The lowest BCUT2D eigenvalue weighted by molar-refractivity contribution is 0.390. The molecule has 0 aliphatic carbocycles. The molecule has 100 valence electrons. The van der Waals surface area contributed by atoms with E-state index in [0.29, 0.717) is 12.3 Å². The van der Waals surface area contributed by atoms with Gasteiger partial charge in [-0.3, -0.25) is 0 Å². The molecule has 1 aromatic carbocycles. The van der Waals surface area contributed by atoms with E-state index < -0.39 is 0 Å². The minimum absolute atomic E-state index is 0.227. The maximum Gasteiger partial charge on any atom is 0.233 e. The van der Waals surface area contributed by atoms with E-state index >= 15 is 0 Å². The van der Waals surface area contributed by atoms with E-state index in [1.807, 2.05) is 30.3 Å². The van der Waals surface area contributed by atoms with E-state index in [1.165, 1.54) is 0 Å². The monoisotopic (exact) mass is 259 g/mol. The number of nitrogens with zero attached hydrogens (tertiary/aromatic N) is 2. The van der Waals surface area contributed by atoms with Gasteiger partial charge in [-0.05, 0) is 24.1 Å². The molecule has 2 N–H and O–H groups in total. The SMILES string of the molecule is COc1ccc(C(N)Cc2ccccc2OC)nn1. The highest BCUT2D eigenvalue weighted by Crippen LogP contribution is 2.22. The first kappa shape index (κ1) is 13.3. The Morgan fingerprint density at radius 1 is 1.05 bits per heavy atom. The average molecular weight is 259 g/mol. The fourth-order valence-corrected chi connectivity index (χ4v) is 1.85. The molecule has 1 heterocycles. The standard InChI is InChI=1S/C14H17N3O2/c1-18-13-6-4-3-5-10(13)9-11(15)12-7-8-14(19-2)17-16-12/h3-8,11H,9,15H2,1-2H3. The second-order valence-electron chi connectivity index (χ2n) is 4.12. The number of rotatable bonds is 5. The number of ether oxygens (including phenoxy) is 2. The lowest BCUT2D eigenvalue weighted by atomic mass is 10.0. The highest BCUT2D eigenvalue weighted by molar-refractivity contribution is 5.34. The predicted molar refractivity (Wildman–Crippen MR) is 72.2 cm³/mol. The van der Waals surface area contributed by atoms with Crippen LogP contribution in [0.4, 0.5) is 0 Å². The third kappa shape index (κ3) is 3.20. The molecule has 19 heavy (non-hydrogen) atoms. The largest absolute Gasteiger partial charge is 0.496 e. The third-order valence-corrected chi connectivity index (χ3v) is 2.88. The van der Waals surface area contributed by atoms with Gasteiger partial charge in [0.15, 0.2) is 0 Å². The lowest BCUT2D eigenvalue weighted by Gasteiger charge is -2.13. The lowest BCUT2D eigenvalue weighted by Crippen LogP contribution is -2.16. The molecule has 1 atom stereocenters. The molecule has 0 radical (unpaired) electrons. The maximum absolute atomic E-state index is 6.14. The van der Waals surface area contributed by atoms with Gasteiger partial charge in [0, 0.05) is 6.07 Å². The molecule has 1 unspecified atom stereocenters. The van der Waals surface area contributed by atoms with E-state index in [-0.39, 0.29) is 6.04 Å². The Bertz CT molecular complexity index is 528. The predicted octanol–water partition coefficient (Wildman–Crippen LogP) is 1.74. The fraction of sp³-hybridized carbons (Fsp3) is 0.286. The van der Waals surface area contributed by atoms with Gasteiger partial charge in [0.2, 0.25) is 5.88 Å². The summed E-state index contributed by atoms with van der Waals surface area (Å²) in [7, 11) is 3.20. The molecule has 0 fully saturated rings. The Kier molecular flexibility index (Phi) is 4.30. The Labute approximate surface area is 112 Å². The number of hydrogen-bond donors (Lipinski definition) is 1. The van der Waals surface area contributed by atoms with Gasteiger partial charge in [0.05, 0.1) is 26.0 Å². The minimum Gasteiger partial charge on any atom is -0.496 e. The number of benzene rings is 1. The van der Waals surface area contributed by atoms with E-state index in [1.54, 1.807) is 20.3 Å². The molecule has 2 rings (SSSR count). The molecule has 0 spiro atoms. The Balaban J connectivity index is 2.13. The zero-order valence-electron chi connectivity index (χ0n) is 11.0. The summed E-state index contributed by atoms with van der Waals surface area (Å²) >= 11 is 0. The van der Waals surface area contributed by atoms with Gasteiger partial charge in [-0.2, -0.15) is 5.10 Å². The first-order chi connectivity index (χ1) is 9.24. The zero-order chi connectivity index (χ0) is 13.7. The minimum atomic E-state index is -0.227. The van der Waals surface area contributed by atoms with Crippen molar-refractivity contribution in [3.05, 3.63) is 47.7 Å². The van der Waals surface area contributed by atoms with Crippen LogP contribution in [-0.4, -0.2) is 24.4 Å². The van der Waals surface area contributed by atoms with Crippen LogP contribution in [0.3, 0.4) is 0 Å². The van der Waals surface area contributed by atoms with Crippen LogP contribution in [0, 0.1) is 0 Å². The van der Waals surface area contributed by atoms with Crippen molar-refractivity contribution in [3.8, 4) is 11.6 Å². The van der Waals surface area contributed by atoms with Crippen molar-refractivity contribution < 1.29 is 9.47 Å². The van der Waals surface area contributed by atoms with E-state index in [4.69, 9.17) is 15.2 Å². The van der Waals surface area contributed by atoms with Crippen molar-refractivity contribution in [2.45, 2.75) is 12.5 Å². The van der Waals surface area contributed by atoms with Gasteiger partial charge in [-0.1, -0.05) is 18.2 Å². The Morgan fingerprint density at radius 2 is 1.84 bits per heavy atom. The van der Waals surface area contributed by atoms with Crippen LogP contribution in [0.1, 0.15) is 17.3 Å². The summed E-state index contributed by atoms with van der Waals surface area (Å²) in [6.45, 7) is 0. The number of methoxy groups -OCH3 is 2. The first-order valence-corrected chi connectivity index (χ1v) is 5.99. The molecule has 1 aromatic heterocycles. The summed E-state index contributed by atoms with van der Waals surface area (Å²) in [5, 5.41) is 7.98. The summed E-state index contributed by atoms with van der Waals surface area (Å²) < 4.78 is 10.3. The summed E-state index contributed by atoms with van der Waals surface area (Å²) in [5.74, 6) is 1.31. The van der Waals surface area contributed by atoms with Crippen LogP contribution in [0.25, 0.3) is 0 Å². The number of para-hydroxylation sites is 1. The highest BCUT2D eigenvalue weighted by atomic mass is 16.5. The molecule has 0 saturated heterocycles. The van der Waals surface area contributed by atoms with Crippen LogP contribution in [0.15, 0.2) is 36.4 Å². The zero-order valence-corrected chi connectivity index (χ0v) is 11.0. The van der Waals surface area contributed by atoms with Gasteiger partial charge in [-0.25, -0.2) is 0 Å². The highest BCUT2D eigenvalue weighted by Gasteiger charge is 2.12. The number of hydrogen-bond acceptors (Lipinski definition) is 5. The van der Waals surface area contributed by atoms with Gasteiger partial charge < -0.3 is 15.2 Å². The molecule has 2 aromatic rings. The van der Waals surface area contributed by atoms with Gasteiger partial charge in [0.1, 0.15) is 5.75 Å². The Hall–Kier alpha value is -2.14. The average Bonchev–Trinajstić information content (AvgIpc) is 2.48. The van der Waals surface area contributed by atoms with Crippen molar-refractivity contribution in [2.75, 3.05) is 14.2 Å². The van der Waals surface area contributed by atoms with Crippen LogP contribution in [-0.2, 0) is 6.42 Å². The van der Waals surface area contributed by atoms with Crippen molar-refractivity contribution in [2.24, 2.45) is 5.73 Å². The summed E-state index contributed by atoms with van der Waals surface area (Å²) in [4.78, 5) is 0. The smallest absolute Gasteiger partial charge is 0.233 e. The van der Waals surface area contributed by atoms with E-state index in [9.17, 15) is 0 Å². The molecule has 0 amide bonds. The van der Waals surface area contributed by atoms with Gasteiger partial charge in [-0.15, -0.1) is 5.10 Å². The van der Waals surface area contributed by atoms with E-state index in [2.05, 4.69) is 10.2 Å². The molecule has 0 bridgehead atoms. The molecule has 5 nitrogen and oxygen atoms in total. The van der Waals surface area contributed by atoms with Crippen LogP contribution < -0.4 is 15.2 Å². The molecule has 0 saturated carbocycles. The van der Waals surface area contributed by atoms with Crippen LogP contribution in [0.2, 0.25) is 0 Å². The van der Waals surface area contributed by atoms with Crippen molar-refractivity contribution in [3.63, 3.8) is 0 Å². The Morgan fingerprint density at radius 3 is 2.47 bits per heavy atom. The van der Waals surface area contributed by atoms with Crippen molar-refractivity contribution in [1.82, 2.24) is 10.2 Å². The summed E-state index contributed by atoms with van der Waals surface area (Å²) in [6, 6.07) is 11.2. The topological polar surface area (TPSA) is 70.3 Å². The molecule has 0 aliphatic heterocycles. The summed E-state index contributed by atoms with van der Waals surface area (Å²) in [6.07, 6.45) is 0.644. The second kappa shape index (κ2) is 6.15. The van der Waals surface area contributed by atoms with Crippen molar-refractivity contribution in [1.29, 1.82) is 0 Å². The first-order valence-electron chi connectivity index (χ1n) is 5.99. The normalized spacial score (nSPS) is 11.9. The molecular formula is C14H17N3O2. The molecular weight excluding hydrogens is 242 g/mol. The van der Waals surface area contributed by atoms with Crippen molar-refractivity contribution >= 4 is 0 Å². The van der Waals surface area contributed by atoms with Gasteiger partial charge in [0.25, 0.3) is 0 Å². The van der Waals surface area contributed by atoms with E-state index in [0.717, 1.165) is 17.0 Å². The second-order valence-corrected chi connectivity index (χ2v) is 4.12. The van der Waals surface area contributed by atoms with Gasteiger partial charge >= 0.3 is 0 Å². The third-order valence-electron chi connectivity index (χ3n) is 2.88. The molecule has 5 heteroatoms. The quantitative estimate of drug-likeness (QED) is 0.885. The fourth-order valence-electron chi connectivity index (χ4n) is 1.85. The van der Waals surface area contributed by atoms with Crippen LogP contribution >= 0.6 is 0 Å². The molecule has 0 aliphatic rings. The number of nitrogens with two attached hydrogens (primary N) is 1. The summed E-state index contributed by atoms with van der Waals surface area (Å²) in [5.41, 5.74) is 7.92.